The van der Waals surface area contributed by atoms with Gasteiger partial charge in [-0.1, -0.05) is 15.9 Å². The largest absolute Gasteiger partial charge is 0.485 e. The molecule has 1 saturated heterocycles. The van der Waals surface area contributed by atoms with Crippen molar-refractivity contribution in [2.75, 3.05) is 13.2 Å². The Hall–Kier alpha value is -1.54. The molecule has 1 N–H and O–H groups in total. The first kappa shape index (κ1) is 15.8. The van der Waals surface area contributed by atoms with E-state index in [1.165, 1.54) is 0 Å². The second-order valence-electron chi connectivity index (χ2n) is 4.56. The SMILES string of the molecule is O=C1CCC(=O)N1CC(O)COc1c(F)cc(Br)cc1F. The number of β-amino-alcohol motifs (C(OH)–C–C–N with tert-alkyl or cyclic N) is 1. The van der Waals surface area contributed by atoms with Crippen molar-refractivity contribution >= 4 is 27.7 Å². The number of aliphatic hydroxyl groups is 1. The first-order valence-corrected chi connectivity index (χ1v) is 6.96. The van der Waals surface area contributed by atoms with Crippen LogP contribution in [0.4, 0.5) is 8.78 Å². The fourth-order valence-corrected chi connectivity index (χ4v) is 2.34. The van der Waals surface area contributed by atoms with E-state index in [9.17, 15) is 23.5 Å². The zero-order chi connectivity index (χ0) is 15.6. The number of benzene rings is 1. The molecule has 1 aromatic rings. The third-order valence-electron chi connectivity index (χ3n) is 2.93. The molecule has 5 nitrogen and oxygen atoms in total. The van der Waals surface area contributed by atoms with Crippen molar-refractivity contribution in [3.63, 3.8) is 0 Å². The Morgan fingerprint density at radius 2 is 1.76 bits per heavy atom. The van der Waals surface area contributed by atoms with Crippen LogP contribution in [0, 0.1) is 11.6 Å². The van der Waals surface area contributed by atoms with Crippen molar-refractivity contribution in [1.29, 1.82) is 0 Å². The summed E-state index contributed by atoms with van der Waals surface area (Å²) in [6.45, 7) is -0.691. The van der Waals surface area contributed by atoms with Crippen LogP contribution in [0.2, 0.25) is 0 Å². The van der Waals surface area contributed by atoms with Gasteiger partial charge in [-0.2, -0.15) is 0 Å². The number of carbonyl (C=O) groups excluding carboxylic acids is 2. The number of halogens is 3. The van der Waals surface area contributed by atoms with E-state index in [0.29, 0.717) is 0 Å². The molecule has 8 heteroatoms. The van der Waals surface area contributed by atoms with E-state index >= 15 is 0 Å². The lowest BCUT2D eigenvalue weighted by molar-refractivity contribution is -0.140. The molecule has 1 unspecified atom stereocenters. The van der Waals surface area contributed by atoms with Gasteiger partial charge in [-0.05, 0) is 12.1 Å². The molecule has 0 radical (unpaired) electrons. The Bertz CT molecular complexity index is 542. The smallest absolute Gasteiger partial charge is 0.229 e. The highest BCUT2D eigenvalue weighted by molar-refractivity contribution is 9.10. The minimum atomic E-state index is -1.22. The molecule has 1 aromatic carbocycles. The van der Waals surface area contributed by atoms with Crippen LogP contribution in [-0.4, -0.2) is 41.1 Å². The fourth-order valence-electron chi connectivity index (χ4n) is 1.94. The topological polar surface area (TPSA) is 66.8 Å². The van der Waals surface area contributed by atoms with Gasteiger partial charge in [0, 0.05) is 17.3 Å². The summed E-state index contributed by atoms with van der Waals surface area (Å²) in [4.78, 5) is 23.7. The number of hydrogen-bond donors (Lipinski definition) is 1. The molecule has 0 bridgehead atoms. The molecule has 2 rings (SSSR count). The second kappa shape index (κ2) is 6.48. The average Bonchev–Trinajstić information content (AvgIpc) is 2.69. The number of hydrogen-bond acceptors (Lipinski definition) is 4. The zero-order valence-corrected chi connectivity index (χ0v) is 12.4. The summed E-state index contributed by atoms with van der Waals surface area (Å²) in [6.07, 6.45) is -0.997. The number of aliphatic hydroxyl groups excluding tert-OH is 1. The number of nitrogens with zero attached hydrogens (tertiary/aromatic N) is 1. The van der Waals surface area contributed by atoms with Crippen molar-refractivity contribution in [2.24, 2.45) is 0 Å². The molecule has 114 valence electrons. The maximum Gasteiger partial charge on any atom is 0.229 e. The standard InChI is InChI=1S/C13H12BrF2NO4/c14-7-3-9(15)13(10(16)4-7)21-6-8(18)5-17-11(19)1-2-12(17)20/h3-4,8,18H,1-2,5-6H2. The van der Waals surface area contributed by atoms with Crippen molar-refractivity contribution in [3.05, 3.63) is 28.2 Å². The van der Waals surface area contributed by atoms with Crippen LogP contribution in [0.25, 0.3) is 0 Å². The summed E-state index contributed by atoms with van der Waals surface area (Å²) in [7, 11) is 0. The lowest BCUT2D eigenvalue weighted by Crippen LogP contribution is -2.38. The molecule has 1 aliphatic heterocycles. The molecule has 1 atom stereocenters. The summed E-state index contributed by atoms with van der Waals surface area (Å²) in [5, 5.41) is 9.72. The van der Waals surface area contributed by atoms with Gasteiger partial charge in [0.25, 0.3) is 0 Å². The highest BCUT2D eigenvalue weighted by atomic mass is 79.9. The van der Waals surface area contributed by atoms with Gasteiger partial charge in [-0.15, -0.1) is 0 Å². The van der Waals surface area contributed by atoms with Gasteiger partial charge in [0.15, 0.2) is 17.4 Å². The average molecular weight is 364 g/mol. The first-order chi connectivity index (χ1) is 9.88. The maximum atomic E-state index is 13.5. The second-order valence-corrected chi connectivity index (χ2v) is 5.48. The minimum Gasteiger partial charge on any atom is -0.485 e. The third kappa shape index (κ3) is 3.76. The van der Waals surface area contributed by atoms with E-state index in [1.807, 2.05) is 0 Å². The molecule has 2 amide bonds. The van der Waals surface area contributed by atoms with Crippen LogP contribution >= 0.6 is 15.9 Å². The van der Waals surface area contributed by atoms with Crippen LogP contribution in [0.5, 0.6) is 5.75 Å². The highest BCUT2D eigenvalue weighted by Gasteiger charge is 2.30. The van der Waals surface area contributed by atoms with Crippen LogP contribution in [0.15, 0.2) is 16.6 Å². The van der Waals surface area contributed by atoms with Crippen LogP contribution in [0.1, 0.15) is 12.8 Å². The van der Waals surface area contributed by atoms with Crippen molar-refractivity contribution < 1.29 is 28.2 Å². The van der Waals surface area contributed by atoms with Crippen molar-refractivity contribution in [3.8, 4) is 5.75 Å². The summed E-state index contributed by atoms with van der Waals surface area (Å²) in [5.74, 6) is -3.19. The molecule has 0 spiro atoms. The Morgan fingerprint density at radius 3 is 2.29 bits per heavy atom. The summed E-state index contributed by atoms with van der Waals surface area (Å²) < 4.78 is 32.1. The third-order valence-corrected chi connectivity index (χ3v) is 3.39. The van der Waals surface area contributed by atoms with Gasteiger partial charge < -0.3 is 9.84 Å². The van der Waals surface area contributed by atoms with Crippen molar-refractivity contribution in [2.45, 2.75) is 18.9 Å². The van der Waals surface area contributed by atoms with E-state index in [0.717, 1.165) is 17.0 Å². The molecule has 1 heterocycles. The Labute approximate surface area is 127 Å². The number of likely N-dealkylation sites (tertiary alicyclic amines) is 1. The van der Waals surface area contributed by atoms with E-state index in [1.54, 1.807) is 0 Å². The molecule has 0 aromatic heterocycles. The lowest BCUT2D eigenvalue weighted by Gasteiger charge is -2.19. The maximum absolute atomic E-state index is 13.5. The minimum absolute atomic E-state index is 0.113. The Kier molecular flexibility index (Phi) is 4.89. The molecular formula is C13H12BrF2NO4. The monoisotopic (exact) mass is 363 g/mol. The summed E-state index contributed by atoms with van der Waals surface area (Å²) in [5.41, 5.74) is 0. The van der Waals surface area contributed by atoms with E-state index < -0.39 is 30.1 Å². The molecule has 0 saturated carbocycles. The highest BCUT2D eigenvalue weighted by Crippen LogP contribution is 2.26. The predicted molar refractivity (Wildman–Crippen MR) is 71.5 cm³/mol. The molecule has 1 fully saturated rings. The first-order valence-electron chi connectivity index (χ1n) is 6.17. The van der Waals surface area contributed by atoms with E-state index in [2.05, 4.69) is 15.9 Å². The lowest BCUT2D eigenvalue weighted by atomic mass is 10.3. The number of carbonyl (C=O) groups is 2. The zero-order valence-electron chi connectivity index (χ0n) is 10.8. The summed E-state index contributed by atoms with van der Waals surface area (Å²) in [6, 6.07) is 2.05. The van der Waals surface area contributed by atoms with Gasteiger partial charge in [-0.3, -0.25) is 14.5 Å². The number of rotatable bonds is 5. The fraction of sp³-hybridized carbons (Fsp3) is 0.385. The van der Waals surface area contributed by atoms with Crippen LogP contribution < -0.4 is 4.74 Å². The number of imide groups is 1. The van der Waals surface area contributed by atoms with Crippen molar-refractivity contribution in [1.82, 2.24) is 4.90 Å². The molecule has 21 heavy (non-hydrogen) atoms. The molecule has 1 aliphatic rings. The Morgan fingerprint density at radius 1 is 1.24 bits per heavy atom. The van der Waals surface area contributed by atoms with Gasteiger partial charge in [0.2, 0.25) is 11.8 Å². The van der Waals surface area contributed by atoms with E-state index in [4.69, 9.17) is 4.74 Å². The molecule has 0 aliphatic carbocycles. The Balaban J connectivity index is 1.94. The molecular weight excluding hydrogens is 352 g/mol. The van der Waals surface area contributed by atoms with E-state index in [-0.39, 0.29) is 35.7 Å². The van der Waals surface area contributed by atoms with Gasteiger partial charge in [-0.25, -0.2) is 8.78 Å². The van der Waals surface area contributed by atoms with Crippen LogP contribution in [0.3, 0.4) is 0 Å². The normalized spacial score (nSPS) is 16.5. The quantitative estimate of drug-likeness (QED) is 0.807. The number of amides is 2. The van der Waals surface area contributed by atoms with Gasteiger partial charge in [0.05, 0.1) is 6.54 Å². The summed E-state index contributed by atoms with van der Waals surface area (Å²) >= 11 is 2.93. The van der Waals surface area contributed by atoms with Gasteiger partial charge >= 0.3 is 0 Å². The number of ether oxygens (including phenoxy) is 1. The van der Waals surface area contributed by atoms with Crippen LogP contribution in [-0.2, 0) is 9.59 Å². The predicted octanol–water partition coefficient (Wildman–Crippen LogP) is 1.62. The van der Waals surface area contributed by atoms with Gasteiger partial charge in [0.1, 0.15) is 12.7 Å².